The minimum absolute atomic E-state index is 0.0467. The van der Waals surface area contributed by atoms with Crippen LogP contribution < -0.4 is 14.2 Å². The molecular weight excluding hydrogens is 500 g/mol. The van der Waals surface area contributed by atoms with Crippen molar-refractivity contribution < 1.29 is 33.6 Å². The predicted octanol–water partition coefficient (Wildman–Crippen LogP) is 4.48. The second-order valence-corrected chi connectivity index (χ2v) is 10.1. The van der Waals surface area contributed by atoms with Crippen LogP contribution in [0, 0.1) is 0 Å². The van der Waals surface area contributed by atoms with Gasteiger partial charge in [-0.25, -0.2) is 0 Å². The van der Waals surface area contributed by atoms with Crippen LogP contribution in [0.3, 0.4) is 0 Å². The molecule has 1 fully saturated rings. The smallest absolute Gasteiger partial charge is 0.304 e. The highest BCUT2D eigenvalue weighted by Crippen LogP contribution is 2.31. The normalized spacial score (nSPS) is 17.6. The van der Waals surface area contributed by atoms with Crippen molar-refractivity contribution >= 4 is 11.9 Å². The number of aliphatic carboxylic acids is 1. The second-order valence-electron chi connectivity index (χ2n) is 10.1. The van der Waals surface area contributed by atoms with Crippen molar-refractivity contribution in [3.05, 3.63) is 53.6 Å². The summed E-state index contributed by atoms with van der Waals surface area (Å²) in [6, 6.07) is 12.9. The maximum absolute atomic E-state index is 13.9. The fourth-order valence-corrected chi connectivity index (χ4v) is 5.18. The molecule has 9 nitrogen and oxygen atoms in total. The molecular formula is C30H42N2O7. The Hall–Kier alpha value is -3.30. The van der Waals surface area contributed by atoms with E-state index in [9.17, 15) is 14.7 Å². The topological polar surface area (TPSA) is 97.8 Å². The summed E-state index contributed by atoms with van der Waals surface area (Å²) in [5.74, 6) is 0.969. The Kier molecular flexibility index (Phi) is 11.4. The molecule has 2 aromatic carbocycles. The number of carboxylic acids is 1. The number of benzene rings is 2. The fourth-order valence-electron chi connectivity index (χ4n) is 5.18. The zero-order chi connectivity index (χ0) is 28.4. The van der Waals surface area contributed by atoms with E-state index in [1.165, 1.54) is 0 Å². The van der Waals surface area contributed by atoms with Gasteiger partial charge in [0.25, 0.3) is 5.91 Å². The molecule has 214 valence electrons. The molecule has 2 atom stereocenters. The molecule has 0 aliphatic carbocycles. The Labute approximate surface area is 231 Å². The number of nitrogens with zero attached hydrogens (tertiary/aromatic N) is 2. The number of carbonyl (C=O) groups is 2. The number of piperidine rings is 1. The lowest BCUT2D eigenvalue weighted by Crippen LogP contribution is -2.55. The van der Waals surface area contributed by atoms with Crippen molar-refractivity contribution in [3.63, 3.8) is 0 Å². The predicted molar refractivity (Wildman–Crippen MR) is 149 cm³/mol. The highest BCUT2D eigenvalue weighted by molar-refractivity contribution is 5.95. The van der Waals surface area contributed by atoms with E-state index >= 15 is 0 Å². The first kappa shape index (κ1) is 30.2. The van der Waals surface area contributed by atoms with Gasteiger partial charge in [0.1, 0.15) is 5.75 Å². The van der Waals surface area contributed by atoms with Crippen molar-refractivity contribution in [3.8, 4) is 17.2 Å². The van der Waals surface area contributed by atoms with Gasteiger partial charge in [-0.05, 0) is 62.6 Å². The van der Waals surface area contributed by atoms with E-state index in [4.69, 9.17) is 18.9 Å². The van der Waals surface area contributed by atoms with Crippen molar-refractivity contribution in [2.45, 2.75) is 64.2 Å². The van der Waals surface area contributed by atoms with Crippen LogP contribution in [-0.4, -0.2) is 86.0 Å². The summed E-state index contributed by atoms with van der Waals surface area (Å²) in [7, 11) is 4.85. The number of carbonyl (C=O) groups excluding carboxylic acids is 1. The van der Waals surface area contributed by atoms with Crippen LogP contribution in [0.15, 0.2) is 42.5 Å². The first-order valence-electron chi connectivity index (χ1n) is 13.5. The molecule has 0 radical (unpaired) electrons. The highest BCUT2D eigenvalue weighted by atomic mass is 16.5. The lowest BCUT2D eigenvalue weighted by molar-refractivity contribution is -0.139. The lowest BCUT2D eigenvalue weighted by Gasteiger charge is -2.45. The molecule has 1 aliphatic rings. The molecule has 2 aromatic rings. The van der Waals surface area contributed by atoms with Gasteiger partial charge in [0.15, 0.2) is 11.5 Å². The molecule has 39 heavy (non-hydrogen) atoms. The summed E-state index contributed by atoms with van der Waals surface area (Å²) < 4.78 is 21.7. The van der Waals surface area contributed by atoms with Crippen molar-refractivity contribution in [1.29, 1.82) is 0 Å². The Bertz CT molecular complexity index is 1070. The minimum Gasteiger partial charge on any atom is -0.497 e. The minimum atomic E-state index is -0.814. The molecule has 1 saturated heterocycles. The summed E-state index contributed by atoms with van der Waals surface area (Å²) >= 11 is 0. The van der Waals surface area contributed by atoms with E-state index < -0.39 is 5.97 Å². The second kappa shape index (κ2) is 14.7. The molecule has 3 rings (SSSR count). The maximum atomic E-state index is 13.9. The van der Waals surface area contributed by atoms with Gasteiger partial charge in [-0.1, -0.05) is 12.1 Å². The van der Waals surface area contributed by atoms with Gasteiger partial charge in [-0.15, -0.1) is 0 Å². The van der Waals surface area contributed by atoms with Crippen LogP contribution in [0.4, 0.5) is 0 Å². The summed E-state index contributed by atoms with van der Waals surface area (Å²) in [5.41, 5.74) is 1.60. The van der Waals surface area contributed by atoms with E-state index in [0.29, 0.717) is 49.8 Å². The van der Waals surface area contributed by atoms with Crippen LogP contribution in [0.1, 0.15) is 55.5 Å². The SMILES string of the molecule is COCCCOc1cc(C(=O)N(C(C)C)[C@@H]2CC[C@H](CC(=O)O)N(Cc3ccc(OC)cc3)C2)ccc1OC. The van der Waals surface area contributed by atoms with Crippen molar-refractivity contribution in [1.82, 2.24) is 9.80 Å². The van der Waals surface area contributed by atoms with Gasteiger partial charge >= 0.3 is 5.97 Å². The largest absolute Gasteiger partial charge is 0.497 e. The number of carboxylic acid groups (broad SMARTS) is 1. The standard InChI is InChI=1S/C30H42N2O7/c1-21(2)32(30(35)23-9-14-27(38-5)28(17-23)39-16-6-15-36-3)25-11-10-24(18-29(33)34)31(20-25)19-22-7-12-26(37-4)13-8-22/h7-9,12-14,17,21,24-25H,6,10-11,15-16,18-20H2,1-5H3,(H,33,34)/t24-,25-/m1/s1. The summed E-state index contributed by atoms with van der Waals surface area (Å²) in [6.45, 7) is 6.25. The molecule has 0 saturated carbocycles. The monoisotopic (exact) mass is 542 g/mol. The number of hydrogen-bond donors (Lipinski definition) is 1. The van der Waals surface area contributed by atoms with Crippen LogP contribution in [0.2, 0.25) is 0 Å². The zero-order valence-electron chi connectivity index (χ0n) is 23.7. The van der Waals surface area contributed by atoms with E-state index in [-0.39, 0.29) is 30.5 Å². The third-order valence-corrected chi connectivity index (χ3v) is 7.09. The molecule has 0 unspecified atom stereocenters. The number of likely N-dealkylation sites (tertiary alicyclic amines) is 1. The Morgan fingerprint density at radius 1 is 1.00 bits per heavy atom. The lowest BCUT2D eigenvalue weighted by atomic mass is 9.93. The van der Waals surface area contributed by atoms with E-state index in [1.54, 1.807) is 39.5 Å². The van der Waals surface area contributed by atoms with E-state index in [0.717, 1.165) is 24.2 Å². The Morgan fingerprint density at radius 2 is 1.74 bits per heavy atom. The molecule has 1 heterocycles. The molecule has 1 N–H and O–H groups in total. The molecule has 0 spiro atoms. The number of methoxy groups -OCH3 is 3. The first-order valence-corrected chi connectivity index (χ1v) is 13.5. The number of ether oxygens (including phenoxy) is 4. The molecule has 1 aliphatic heterocycles. The zero-order valence-corrected chi connectivity index (χ0v) is 23.7. The number of rotatable bonds is 14. The summed E-state index contributed by atoms with van der Waals surface area (Å²) in [6.07, 6.45) is 2.22. The van der Waals surface area contributed by atoms with Gasteiger partial charge in [0.2, 0.25) is 0 Å². The average Bonchev–Trinajstić information content (AvgIpc) is 2.92. The molecule has 0 bridgehead atoms. The van der Waals surface area contributed by atoms with Gasteiger partial charge in [-0.3, -0.25) is 14.5 Å². The summed E-state index contributed by atoms with van der Waals surface area (Å²) in [5, 5.41) is 9.54. The van der Waals surface area contributed by atoms with Gasteiger partial charge < -0.3 is 29.0 Å². The number of amides is 1. The van der Waals surface area contributed by atoms with Crippen molar-refractivity contribution in [2.75, 3.05) is 41.1 Å². The van der Waals surface area contributed by atoms with Gasteiger partial charge in [-0.2, -0.15) is 0 Å². The third kappa shape index (κ3) is 8.34. The van der Waals surface area contributed by atoms with Crippen LogP contribution >= 0.6 is 0 Å². The van der Waals surface area contributed by atoms with Crippen LogP contribution in [-0.2, 0) is 16.1 Å². The number of hydrogen-bond acceptors (Lipinski definition) is 7. The quantitative estimate of drug-likeness (QED) is 0.349. The molecule has 1 amide bonds. The average molecular weight is 543 g/mol. The van der Waals surface area contributed by atoms with E-state index in [2.05, 4.69) is 4.90 Å². The van der Waals surface area contributed by atoms with Gasteiger partial charge in [0.05, 0.1) is 27.2 Å². The maximum Gasteiger partial charge on any atom is 0.304 e. The molecule has 9 heteroatoms. The Morgan fingerprint density at radius 3 is 2.36 bits per heavy atom. The van der Waals surface area contributed by atoms with E-state index in [1.807, 2.05) is 43.0 Å². The van der Waals surface area contributed by atoms with Crippen molar-refractivity contribution in [2.24, 2.45) is 0 Å². The van der Waals surface area contributed by atoms with Crippen LogP contribution in [0.5, 0.6) is 17.2 Å². The highest BCUT2D eigenvalue weighted by Gasteiger charge is 2.36. The fraction of sp³-hybridized carbons (Fsp3) is 0.533. The Balaban J connectivity index is 1.81. The first-order chi connectivity index (χ1) is 18.8. The third-order valence-electron chi connectivity index (χ3n) is 7.09. The molecule has 0 aromatic heterocycles. The van der Waals surface area contributed by atoms with Crippen LogP contribution in [0.25, 0.3) is 0 Å². The van der Waals surface area contributed by atoms with Gasteiger partial charge in [0, 0.05) is 56.9 Å². The summed E-state index contributed by atoms with van der Waals surface area (Å²) in [4.78, 5) is 29.6.